The SMILES string of the molecule is [2H]C([2H])([2H])c1cc(-c2cc(C([2H])(C)C)cc(C([2H])(C)C)c2)ccc1-n1c(-c2cc(C(C)C)cc(C(C)C)c2O)nc2c(-c3[c-]c(-c4cc(-c5ccc(-c6ccccc6)cc5)ccn4)cc(C(C)(C)C)c3)cccc21.[Pt]. The van der Waals surface area contributed by atoms with Gasteiger partial charge in [-0.1, -0.05) is 190 Å². The molecule has 0 amide bonds. The molecular formula is C65H66N3OPt-. The molecule has 0 bridgehead atoms. The molecule has 7 aromatic carbocycles. The zero-order valence-electron chi connectivity index (χ0n) is 47.2. The van der Waals surface area contributed by atoms with Gasteiger partial charge in [0.25, 0.3) is 0 Å². The van der Waals surface area contributed by atoms with E-state index in [2.05, 4.69) is 115 Å². The van der Waals surface area contributed by atoms with Gasteiger partial charge in [0, 0.05) is 39.8 Å². The summed E-state index contributed by atoms with van der Waals surface area (Å²) >= 11 is 0. The van der Waals surface area contributed by atoms with Gasteiger partial charge >= 0.3 is 0 Å². The standard InChI is InChI=1S/C65H66N3O.Pt/c1-39(2)49-30-50(40(3)4)32-52(31-49)47-25-26-60(43(9)29-47)68-61-20-16-19-56(62(61)67-64(68)58-37-51(41(5)6)36-57(42(7)8)63(58)69)53-33-54(35-55(34-53)65(10,11)12)59-38-48(27-28-66-59)46-23-21-45(22-24-46)44-17-14-13-15-18-44;/h13-32,34-42,69H,1-12H3;/q-1;/i9D3,39D,40D;. The number of benzene rings is 7. The fraction of sp³-hybridized carbons (Fsp3) is 0.262. The number of rotatable bonds is 11. The Bertz CT molecular complexity index is 3520. The molecule has 2 heterocycles. The monoisotopic (exact) mass is 1100 g/mol. The van der Waals surface area contributed by atoms with Gasteiger partial charge in [0.2, 0.25) is 0 Å². The molecule has 0 radical (unpaired) electrons. The maximum atomic E-state index is 12.4. The molecule has 4 nitrogen and oxygen atoms in total. The van der Waals surface area contributed by atoms with Crippen molar-refractivity contribution >= 4 is 11.0 Å². The van der Waals surface area contributed by atoms with E-state index in [1.165, 1.54) is 0 Å². The van der Waals surface area contributed by atoms with Crippen LogP contribution in [0.25, 0.3) is 83.9 Å². The van der Waals surface area contributed by atoms with Crippen LogP contribution in [0.2, 0.25) is 0 Å². The Kier molecular flexibility index (Phi) is 12.6. The molecule has 0 aliphatic rings. The van der Waals surface area contributed by atoms with Gasteiger partial charge in [-0.2, -0.15) is 0 Å². The number of hydrogen-bond acceptors (Lipinski definition) is 3. The van der Waals surface area contributed by atoms with Gasteiger partial charge in [0.15, 0.2) is 0 Å². The Morgan fingerprint density at radius 1 is 0.586 bits per heavy atom. The Morgan fingerprint density at radius 3 is 1.84 bits per heavy atom. The maximum Gasteiger partial charge on any atom is 0.148 e. The first-order chi connectivity index (χ1) is 34.8. The van der Waals surface area contributed by atoms with Crippen LogP contribution in [0.3, 0.4) is 0 Å². The molecule has 9 rings (SSSR count). The molecule has 0 saturated carbocycles. The number of phenolic OH excluding ortho intramolecular Hbond substituents is 1. The quantitative estimate of drug-likeness (QED) is 0.131. The van der Waals surface area contributed by atoms with Crippen molar-refractivity contribution in [3.05, 3.63) is 191 Å². The molecule has 0 unspecified atom stereocenters. The van der Waals surface area contributed by atoms with Crippen LogP contribution in [0.5, 0.6) is 5.75 Å². The van der Waals surface area contributed by atoms with Crippen LogP contribution >= 0.6 is 0 Å². The van der Waals surface area contributed by atoms with Crippen LogP contribution in [-0.4, -0.2) is 19.6 Å². The second-order valence-electron chi connectivity index (χ2n) is 20.6. The van der Waals surface area contributed by atoms with E-state index >= 15 is 0 Å². The summed E-state index contributed by atoms with van der Waals surface area (Å²) in [6.45, 7) is 19.6. The number of hydrogen-bond donors (Lipinski definition) is 1. The van der Waals surface area contributed by atoms with Crippen molar-refractivity contribution < 1.29 is 33.0 Å². The van der Waals surface area contributed by atoms with Crippen molar-refractivity contribution in [2.75, 3.05) is 0 Å². The number of nitrogens with zero attached hydrogens (tertiary/aromatic N) is 3. The molecule has 358 valence electrons. The van der Waals surface area contributed by atoms with Crippen LogP contribution in [-0.2, 0) is 26.5 Å². The summed E-state index contributed by atoms with van der Waals surface area (Å²) in [5.41, 5.74) is 15.3. The van der Waals surface area contributed by atoms with Crippen molar-refractivity contribution in [1.29, 1.82) is 0 Å². The molecule has 9 aromatic rings. The van der Waals surface area contributed by atoms with Crippen LogP contribution < -0.4 is 0 Å². The van der Waals surface area contributed by atoms with Crippen LogP contribution in [0, 0.1) is 12.9 Å². The summed E-state index contributed by atoms with van der Waals surface area (Å²) in [7, 11) is 0. The number of fused-ring (bicyclic) bond motifs is 1. The van der Waals surface area contributed by atoms with Gasteiger partial charge in [-0.05, 0) is 127 Å². The average molecular weight is 1110 g/mol. The maximum absolute atomic E-state index is 12.4. The summed E-state index contributed by atoms with van der Waals surface area (Å²) in [5.74, 6) is -1.33. The molecule has 2 aromatic heterocycles. The smallest absolute Gasteiger partial charge is 0.148 e. The Labute approximate surface area is 438 Å². The molecular weight excluding hydrogens is 1030 g/mol. The Hall–Kier alpha value is -6.35. The third-order valence-corrected chi connectivity index (χ3v) is 13.4. The molecule has 70 heavy (non-hydrogen) atoms. The molecule has 0 saturated heterocycles. The molecule has 0 aliphatic heterocycles. The van der Waals surface area contributed by atoms with E-state index in [0.29, 0.717) is 33.7 Å². The fourth-order valence-corrected chi connectivity index (χ4v) is 9.18. The number of imidazole rings is 1. The normalized spacial score (nSPS) is 13.4. The van der Waals surface area contributed by atoms with Crippen molar-refractivity contribution in [2.24, 2.45) is 0 Å². The zero-order chi connectivity index (χ0) is 53.2. The number of phenols is 1. The molecule has 0 atom stereocenters. The van der Waals surface area contributed by atoms with E-state index < -0.39 is 18.6 Å². The van der Waals surface area contributed by atoms with E-state index in [-0.39, 0.29) is 49.6 Å². The first kappa shape index (κ1) is 43.7. The topological polar surface area (TPSA) is 50.9 Å². The summed E-state index contributed by atoms with van der Waals surface area (Å²) < 4.78 is 47.2. The van der Waals surface area contributed by atoms with Crippen molar-refractivity contribution in [2.45, 2.75) is 112 Å². The van der Waals surface area contributed by atoms with Crippen LogP contribution in [0.1, 0.15) is 140 Å². The number of aryl methyl sites for hydroxylation is 1. The zero-order valence-corrected chi connectivity index (χ0v) is 44.5. The first-order valence-corrected chi connectivity index (χ1v) is 24.2. The number of aromatic hydroxyl groups is 1. The summed E-state index contributed by atoms with van der Waals surface area (Å²) in [6.07, 6.45) is 1.85. The molecule has 5 heteroatoms. The second-order valence-corrected chi connectivity index (χ2v) is 20.6. The number of aromatic nitrogens is 3. The minimum Gasteiger partial charge on any atom is -0.507 e. The first-order valence-electron chi connectivity index (χ1n) is 26.7. The second kappa shape index (κ2) is 20.2. The van der Waals surface area contributed by atoms with Gasteiger partial charge in [-0.15, -0.1) is 29.3 Å². The van der Waals surface area contributed by atoms with Crippen LogP contribution in [0.4, 0.5) is 0 Å². The number of para-hydroxylation sites is 1. The van der Waals surface area contributed by atoms with E-state index in [0.717, 1.165) is 78.0 Å². The fourth-order valence-electron chi connectivity index (χ4n) is 9.18. The Balaban J connectivity index is 0.00000747. The van der Waals surface area contributed by atoms with E-state index in [4.69, 9.17) is 16.8 Å². The van der Waals surface area contributed by atoms with Gasteiger partial charge in [-0.3, -0.25) is 9.55 Å². The van der Waals surface area contributed by atoms with Crippen molar-refractivity contribution in [1.82, 2.24) is 14.5 Å². The average Bonchev–Trinajstić information content (AvgIpc) is 3.75. The summed E-state index contributed by atoms with van der Waals surface area (Å²) in [5, 5.41) is 12.4. The molecule has 0 spiro atoms. The van der Waals surface area contributed by atoms with E-state index in [1.54, 1.807) is 6.07 Å². The minimum atomic E-state index is -2.60. The van der Waals surface area contributed by atoms with Gasteiger partial charge < -0.3 is 5.11 Å². The summed E-state index contributed by atoms with van der Waals surface area (Å²) in [6, 6.07) is 52.5. The summed E-state index contributed by atoms with van der Waals surface area (Å²) in [4.78, 5) is 10.4. The molecule has 0 aliphatic carbocycles. The minimum absolute atomic E-state index is 0. The van der Waals surface area contributed by atoms with Crippen molar-refractivity contribution in [3.8, 4) is 78.6 Å². The van der Waals surface area contributed by atoms with Crippen molar-refractivity contribution in [3.63, 3.8) is 0 Å². The molecule has 0 fully saturated rings. The van der Waals surface area contributed by atoms with E-state index in [9.17, 15) is 5.11 Å². The van der Waals surface area contributed by atoms with Gasteiger partial charge in [-0.25, -0.2) is 4.98 Å². The molecule has 1 N–H and O–H groups in total. The third kappa shape index (κ3) is 9.99. The van der Waals surface area contributed by atoms with Gasteiger partial charge in [0.1, 0.15) is 11.6 Å². The number of pyridine rings is 1. The third-order valence-electron chi connectivity index (χ3n) is 13.4. The largest absolute Gasteiger partial charge is 0.507 e. The predicted octanol–water partition coefficient (Wildman–Crippen LogP) is 18.0. The Morgan fingerprint density at radius 2 is 1.21 bits per heavy atom. The van der Waals surface area contributed by atoms with E-state index in [1.807, 2.05) is 117 Å². The van der Waals surface area contributed by atoms with Gasteiger partial charge in [0.05, 0.1) is 22.3 Å². The predicted molar refractivity (Wildman–Crippen MR) is 292 cm³/mol. The van der Waals surface area contributed by atoms with Crippen LogP contribution in [0.15, 0.2) is 152 Å².